The van der Waals surface area contributed by atoms with E-state index < -0.39 is 6.03 Å². The number of hydrogen-bond acceptors (Lipinski definition) is 7. The molecule has 0 bridgehead atoms. The summed E-state index contributed by atoms with van der Waals surface area (Å²) in [5.41, 5.74) is 2.80. The predicted molar refractivity (Wildman–Crippen MR) is 165 cm³/mol. The first-order valence-electron chi connectivity index (χ1n) is 14.2. The van der Waals surface area contributed by atoms with Crippen molar-refractivity contribution < 1.29 is 19.1 Å². The lowest BCUT2D eigenvalue weighted by Crippen LogP contribution is -2.37. The molecule has 0 unspecified atom stereocenters. The highest BCUT2D eigenvalue weighted by Gasteiger charge is 2.24. The van der Waals surface area contributed by atoms with Crippen molar-refractivity contribution in [2.24, 2.45) is 0 Å². The standard InChI is InChI=1S/C31H41N5O4S/c1-5-12-32-28(37)25-20-26(31(2,3)4)41-29(25)35-30(38)34-24-9-6-8-22(19-24)23-10-11-27(33-21-23)40-16-7-13-36-14-17-39-18-15-36/h6,8-11,19-21H,5,7,12-18H2,1-4H3,(H,32,37)(H2,34,35,38). The summed E-state index contributed by atoms with van der Waals surface area (Å²) in [4.78, 5) is 33.6. The van der Waals surface area contributed by atoms with Crippen LogP contribution in [0.3, 0.4) is 0 Å². The number of carbonyl (C=O) groups excluding carboxylic acids is 2. The van der Waals surface area contributed by atoms with Crippen molar-refractivity contribution in [3.63, 3.8) is 0 Å². The molecule has 0 aliphatic carbocycles. The van der Waals surface area contributed by atoms with Crippen molar-refractivity contribution >= 4 is 34.0 Å². The number of benzene rings is 1. The topological polar surface area (TPSA) is 105 Å². The Balaban J connectivity index is 1.34. The maximum Gasteiger partial charge on any atom is 0.324 e. The van der Waals surface area contributed by atoms with Crippen LogP contribution in [0, 0.1) is 0 Å². The van der Waals surface area contributed by atoms with Crippen molar-refractivity contribution in [3.05, 3.63) is 59.1 Å². The first-order valence-corrected chi connectivity index (χ1v) is 15.0. The Morgan fingerprint density at radius 2 is 1.88 bits per heavy atom. The molecule has 0 atom stereocenters. The van der Waals surface area contributed by atoms with Gasteiger partial charge in [0.2, 0.25) is 5.88 Å². The van der Waals surface area contributed by atoms with Gasteiger partial charge in [-0.3, -0.25) is 15.0 Å². The fraction of sp³-hybridized carbons (Fsp3) is 0.452. The third-order valence-electron chi connectivity index (χ3n) is 6.64. The van der Waals surface area contributed by atoms with Crippen LogP contribution in [0.15, 0.2) is 48.7 Å². The highest BCUT2D eigenvalue weighted by molar-refractivity contribution is 7.16. The second-order valence-corrected chi connectivity index (χ2v) is 12.1. The number of nitrogens with zero attached hydrogens (tertiary/aromatic N) is 2. The molecule has 1 fully saturated rings. The monoisotopic (exact) mass is 579 g/mol. The quantitative estimate of drug-likeness (QED) is 0.241. The molecule has 0 saturated carbocycles. The molecule has 9 nitrogen and oxygen atoms in total. The van der Waals surface area contributed by atoms with Gasteiger partial charge in [-0.2, -0.15) is 0 Å². The average molecular weight is 580 g/mol. The van der Waals surface area contributed by atoms with Gasteiger partial charge in [0, 0.05) is 54.6 Å². The Kier molecular flexibility index (Phi) is 10.7. The summed E-state index contributed by atoms with van der Waals surface area (Å²) < 4.78 is 11.2. The average Bonchev–Trinajstić information content (AvgIpc) is 3.39. The van der Waals surface area contributed by atoms with Crippen molar-refractivity contribution in [1.29, 1.82) is 0 Å². The third-order valence-corrected chi connectivity index (χ3v) is 8.12. The Labute approximate surface area is 246 Å². The van der Waals surface area contributed by atoms with Gasteiger partial charge in [-0.1, -0.05) is 39.8 Å². The molecular weight excluding hydrogens is 538 g/mol. The van der Waals surface area contributed by atoms with E-state index in [9.17, 15) is 9.59 Å². The normalized spacial score (nSPS) is 14.0. The van der Waals surface area contributed by atoms with E-state index in [1.54, 1.807) is 6.20 Å². The number of morpholine rings is 1. The van der Waals surface area contributed by atoms with Crippen molar-refractivity contribution in [2.45, 2.75) is 46.0 Å². The zero-order valence-corrected chi connectivity index (χ0v) is 25.2. The fourth-order valence-corrected chi connectivity index (χ4v) is 5.43. The Bertz CT molecular complexity index is 1300. The predicted octanol–water partition coefficient (Wildman–Crippen LogP) is 5.99. The Hall–Kier alpha value is -3.47. The molecule has 220 valence electrons. The van der Waals surface area contributed by atoms with E-state index >= 15 is 0 Å². The van der Waals surface area contributed by atoms with E-state index in [1.807, 2.05) is 49.4 Å². The van der Waals surface area contributed by atoms with Gasteiger partial charge in [0.05, 0.1) is 25.4 Å². The number of pyridine rings is 1. The number of nitrogens with one attached hydrogen (secondary N) is 3. The van der Waals surface area contributed by atoms with Gasteiger partial charge in [0.15, 0.2) is 0 Å². The minimum absolute atomic E-state index is 0.146. The molecule has 3 amide bonds. The zero-order valence-electron chi connectivity index (χ0n) is 24.4. The largest absolute Gasteiger partial charge is 0.478 e. The van der Waals surface area contributed by atoms with Crippen molar-refractivity contribution in [2.75, 3.05) is 56.6 Å². The molecule has 1 saturated heterocycles. The molecule has 3 heterocycles. The Morgan fingerprint density at radius 3 is 2.59 bits per heavy atom. The number of amides is 3. The number of anilines is 2. The molecule has 3 aromatic rings. The molecule has 1 aromatic carbocycles. The molecule has 1 aliphatic rings. The molecule has 1 aliphatic heterocycles. The second kappa shape index (κ2) is 14.4. The van der Waals surface area contributed by atoms with Crippen molar-refractivity contribution in [1.82, 2.24) is 15.2 Å². The first kappa shape index (κ1) is 30.5. The first-order chi connectivity index (χ1) is 19.7. The molecule has 41 heavy (non-hydrogen) atoms. The Morgan fingerprint density at radius 1 is 1.07 bits per heavy atom. The van der Waals surface area contributed by atoms with Gasteiger partial charge in [0.1, 0.15) is 5.00 Å². The van der Waals surface area contributed by atoms with Crippen LogP contribution >= 0.6 is 11.3 Å². The van der Waals surface area contributed by atoms with Crippen LogP contribution in [0.5, 0.6) is 5.88 Å². The van der Waals surface area contributed by atoms with E-state index in [-0.39, 0.29) is 11.3 Å². The molecule has 0 radical (unpaired) electrons. The number of aromatic nitrogens is 1. The smallest absolute Gasteiger partial charge is 0.324 e. The molecule has 3 N–H and O–H groups in total. The summed E-state index contributed by atoms with van der Waals surface area (Å²) in [7, 11) is 0. The van der Waals surface area contributed by atoms with Crippen LogP contribution in [0.2, 0.25) is 0 Å². The van der Waals surface area contributed by atoms with E-state index in [4.69, 9.17) is 9.47 Å². The van der Waals surface area contributed by atoms with Crippen LogP contribution < -0.4 is 20.7 Å². The van der Waals surface area contributed by atoms with Gasteiger partial charge in [-0.15, -0.1) is 11.3 Å². The fourth-order valence-electron chi connectivity index (χ4n) is 4.32. The molecule has 2 aromatic heterocycles. The lowest BCUT2D eigenvalue weighted by atomic mass is 9.94. The van der Waals surface area contributed by atoms with Gasteiger partial charge in [0.25, 0.3) is 5.91 Å². The minimum atomic E-state index is -0.409. The summed E-state index contributed by atoms with van der Waals surface area (Å²) in [5.74, 6) is 0.404. The van der Waals surface area contributed by atoms with Crippen LogP contribution in [-0.2, 0) is 10.2 Å². The van der Waals surface area contributed by atoms with Gasteiger partial charge in [-0.05, 0) is 48.1 Å². The maximum absolute atomic E-state index is 13.0. The van der Waals surface area contributed by atoms with Gasteiger partial charge in [-0.25, -0.2) is 9.78 Å². The summed E-state index contributed by atoms with van der Waals surface area (Å²) in [6.45, 7) is 14.0. The molecule has 0 spiro atoms. The lowest BCUT2D eigenvalue weighted by molar-refractivity contribution is 0.0357. The second-order valence-electron chi connectivity index (χ2n) is 11.1. The van der Waals surface area contributed by atoms with Gasteiger partial charge < -0.3 is 20.1 Å². The number of rotatable bonds is 11. The van der Waals surface area contributed by atoms with E-state index in [1.165, 1.54) is 11.3 Å². The molecule has 10 heteroatoms. The maximum atomic E-state index is 13.0. The van der Waals surface area contributed by atoms with Crippen LogP contribution in [0.4, 0.5) is 15.5 Å². The number of thiophene rings is 1. The number of carbonyl (C=O) groups is 2. The van der Waals surface area contributed by atoms with Crippen LogP contribution in [0.25, 0.3) is 11.1 Å². The highest BCUT2D eigenvalue weighted by atomic mass is 32.1. The van der Waals surface area contributed by atoms with Crippen LogP contribution in [0.1, 0.15) is 55.8 Å². The van der Waals surface area contributed by atoms with E-state index in [0.717, 1.165) is 61.7 Å². The van der Waals surface area contributed by atoms with Gasteiger partial charge >= 0.3 is 6.03 Å². The molecular formula is C31H41N5O4S. The summed E-state index contributed by atoms with van der Waals surface area (Å²) in [6.07, 6.45) is 3.55. The zero-order chi connectivity index (χ0) is 29.2. The number of ether oxygens (including phenoxy) is 2. The summed E-state index contributed by atoms with van der Waals surface area (Å²) in [5, 5.41) is 9.23. The molecule has 4 rings (SSSR count). The lowest BCUT2D eigenvalue weighted by Gasteiger charge is -2.26. The SMILES string of the molecule is CCCNC(=O)c1cc(C(C)(C)C)sc1NC(=O)Nc1cccc(-c2ccc(OCCCN3CCOCC3)nc2)c1. The highest BCUT2D eigenvalue weighted by Crippen LogP contribution is 2.36. The van der Waals surface area contributed by atoms with E-state index in [0.29, 0.717) is 35.3 Å². The third kappa shape index (κ3) is 9.01. The number of hydrogen-bond donors (Lipinski definition) is 3. The van der Waals surface area contributed by atoms with Crippen molar-refractivity contribution in [3.8, 4) is 17.0 Å². The van der Waals surface area contributed by atoms with Crippen LogP contribution in [-0.4, -0.2) is 67.8 Å². The summed E-state index contributed by atoms with van der Waals surface area (Å²) in [6, 6.07) is 12.9. The van der Waals surface area contributed by atoms with E-state index in [2.05, 4.69) is 46.6 Å². The summed E-state index contributed by atoms with van der Waals surface area (Å²) >= 11 is 1.42. The number of urea groups is 1. The minimum Gasteiger partial charge on any atom is -0.478 e.